The van der Waals surface area contributed by atoms with E-state index in [9.17, 15) is 13.2 Å². The number of sulfonamides is 1. The summed E-state index contributed by atoms with van der Waals surface area (Å²) in [4.78, 5) is 11.2. The van der Waals surface area contributed by atoms with E-state index in [1.54, 1.807) is 18.2 Å². The molecule has 0 unspecified atom stereocenters. The smallest absolute Gasteiger partial charge is 0.359 e. The van der Waals surface area contributed by atoms with E-state index in [1.807, 2.05) is 0 Å². The second kappa shape index (κ2) is 4.73. The zero-order valence-electron chi connectivity index (χ0n) is 9.86. The molecule has 0 aliphatic carbocycles. The second-order valence-corrected chi connectivity index (χ2v) is 5.10. The minimum absolute atomic E-state index is 0.0948. The van der Waals surface area contributed by atoms with Gasteiger partial charge in [-0.25, -0.2) is 4.79 Å². The Hall–Kier alpha value is -2.35. The molecule has 1 aromatic carbocycles. The maximum absolute atomic E-state index is 11.8. The van der Waals surface area contributed by atoms with Gasteiger partial charge in [0.2, 0.25) is 0 Å². The molecule has 1 aliphatic heterocycles. The molecule has 2 rings (SSSR count). The molecule has 7 nitrogen and oxygen atoms in total. The monoisotopic (exact) mass is 282 g/mol. The zero-order valence-corrected chi connectivity index (χ0v) is 10.7. The van der Waals surface area contributed by atoms with Crippen molar-refractivity contribution >= 4 is 22.2 Å². The maximum atomic E-state index is 11.8. The summed E-state index contributed by atoms with van der Waals surface area (Å²) in [6, 6.07) is 6.33. The van der Waals surface area contributed by atoms with Gasteiger partial charge in [0.25, 0.3) is 10.0 Å². The van der Waals surface area contributed by atoms with Gasteiger partial charge in [-0.3, -0.25) is 0 Å². The van der Waals surface area contributed by atoms with Crippen molar-refractivity contribution < 1.29 is 22.7 Å². The standard InChI is InChI=1S/C11H10N2O5S/c1-17-8-4-2-3-5-9(8)18-11(14)10-7(12)6-13-19(10,15)16/h2-6H,12H2,1H3. The van der Waals surface area contributed by atoms with Gasteiger partial charge in [-0.15, -0.1) is 0 Å². The van der Waals surface area contributed by atoms with Gasteiger partial charge in [-0.2, -0.15) is 12.8 Å². The Morgan fingerprint density at radius 3 is 2.42 bits per heavy atom. The first kappa shape index (κ1) is 13.1. The number of nitrogens with zero attached hydrogens (tertiary/aromatic N) is 1. The van der Waals surface area contributed by atoms with Gasteiger partial charge in [0.1, 0.15) is 0 Å². The third kappa shape index (κ3) is 2.43. The van der Waals surface area contributed by atoms with Crippen LogP contribution in [0.25, 0.3) is 0 Å². The lowest BCUT2D eigenvalue weighted by Gasteiger charge is -2.08. The summed E-state index contributed by atoms with van der Waals surface area (Å²) in [6.07, 6.45) is 0.897. The van der Waals surface area contributed by atoms with Gasteiger partial charge in [0, 0.05) is 0 Å². The third-order valence-electron chi connectivity index (χ3n) is 2.31. The van der Waals surface area contributed by atoms with Crippen LogP contribution in [0, 0.1) is 0 Å². The summed E-state index contributed by atoms with van der Waals surface area (Å²) in [5.41, 5.74) is 5.15. The largest absolute Gasteiger partial charge is 0.493 e. The Morgan fingerprint density at radius 2 is 1.89 bits per heavy atom. The van der Waals surface area contributed by atoms with Crippen molar-refractivity contribution in [2.45, 2.75) is 0 Å². The number of benzene rings is 1. The Morgan fingerprint density at radius 1 is 1.26 bits per heavy atom. The lowest BCUT2D eigenvalue weighted by Crippen LogP contribution is -2.19. The number of rotatable bonds is 3. The van der Waals surface area contributed by atoms with E-state index in [0.717, 1.165) is 6.21 Å². The average Bonchev–Trinajstić information content (AvgIpc) is 2.64. The van der Waals surface area contributed by atoms with E-state index in [0.29, 0.717) is 5.75 Å². The zero-order chi connectivity index (χ0) is 14.0. The van der Waals surface area contributed by atoms with Crippen LogP contribution in [0.4, 0.5) is 0 Å². The number of esters is 1. The molecule has 8 heteroatoms. The quantitative estimate of drug-likeness (QED) is 0.626. The topological polar surface area (TPSA) is 108 Å². The lowest BCUT2D eigenvalue weighted by molar-refractivity contribution is -0.129. The molecule has 0 aromatic heterocycles. The first-order chi connectivity index (χ1) is 8.95. The fourth-order valence-corrected chi connectivity index (χ4v) is 2.42. The summed E-state index contributed by atoms with van der Waals surface area (Å²) < 4.78 is 36.1. The van der Waals surface area contributed by atoms with Gasteiger partial charge in [0.15, 0.2) is 16.4 Å². The fourth-order valence-electron chi connectivity index (χ4n) is 1.46. The van der Waals surface area contributed by atoms with Crippen molar-refractivity contribution in [1.29, 1.82) is 0 Å². The van der Waals surface area contributed by atoms with Crippen molar-refractivity contribution in [2.24, 2.45) is 10.1 Å². The molecule has 0 spiro atoms. The van der Waals surface area contributed by atoms with Crippen LogP contribution < -0.4 is 15.2 Å². The second-order valence-electron chi connectivity index (χ2n) is 3.53. The highest BCUT2D eigenvalue weighted by Gasteiger charge is 2.33. The number of hydrogen-bond acceptors (Lipinski definition) is 6. The van der Waals surface area contributed by atoms with Crippen LogP contribution in [0.2, 0.25) is 0 Å². The molecule has 1 aromatic rings. The van der Waals surface area contributed by atoms with E-state index in [4.69, 9.17) is 15.2 Å². The van der Waals surface area contributed by atoms with Crippen molar-refractivity contribution in [1.82, 2.24) is 0 Å². The molecule has 1 heterocycles. The Bertz CT molecular complexity index is 691. The molecule has 0 radical (unpaired) electrons. The highest BCUT2D eigenvalue weighted by molar-refractivity contribution is 7.95. The van der Waals surface area contributed by atoms with Crippen LogP contribution in [-0.2, 0) is 14.8 Å². The first-order valence-electron chi connectivity index (χ1n) is 5.11. The van der Waals surface area contributed by atoms with Crippen LogP contribution in [0.1, 0.15) is 0 Å². The highest BCUT2D eigenvalue weighted by atomic mass is 32.2. The van der Waals surface area contributed by atoms with Crippen molar-refractivity contribution in [2.75, 3.05) is 7.11 Å². The Balaban J connectivity index is 2.31. The summed E-state index contributed by atoms with van der Waals surface area (Å²) in [5, 5.41) is 0. The normalized spacial score (nSPS) is 16.5. The summed E-state index contributed by atoms with van der Waals surface area (Å²) >= 11 is 0. The molecule has 0 fully saturated rings. The summed E-state index contributed by atoms with van der Waals surface area (Å²) in [6.45, 7) is 0. The molecule has 0 atom stereocenters. The molecular formula is C11H10N2O5S. The molecule has 0 amide bonds. The lowest BCUT2D eigenvalue weighted by atomic mass is 10.3. The van der Waals surface area contributed by atoms with Crippen LogP contribution in [0.3, 0.4) is 0 Å². The van der Waals surface area contributed by atoms with Gasteiger partial charge < -0.3 is 15.2 Å². The molecule has 19 heavy (non-hydrogen) atoms. The molecule has 2 N–H and O–H groups in total. The minimum atomic E-state index is -4.07. The van der Waals surface area contributed by atoms with Gasteiger partial charge >= 0.3 is 5.97 Å². The predicted molar refractivity (Wildman–Crippen MR) is 67.3 cm³/mol. The number of hydrogen-bond donors (Lipinski definition) is 1. The fraction of sp³-hybridized carbons (Fsp3) is 0.0909. The third-order valence-corrected chi connectivity index (χ3v) is 3.61. The number of allylic oxidation sites excluding steroid dienone is 1. The van der Waals surface area contributed by atoms with E-state index in [1.165, 1.54) is 13.2 Å². The number of carbonyl (C=O) groups excluding carboxylic acids is 1. The van der Waals surface area contributed by atoms with Crippen molar-refractivity contribution in [3.8, 4) is 11.5 Å². The molecule has 0 saturated heterocycles. The summed E-state index contributed by atoms with van der Waals surface area (Å²) in [7, 11) is -2.67. The number of nitrogens with two attached hydrogens (primary N) is 1. The van der Waals surface area contributed by atoms with E-state index in [-0.39, 0.29) is 11.4 Å². The van der Waals surface area contributed by atoms with Crippen LogP contribution in [0.5, 0.6) is 11.5 Å². The van der Waals surface area contributed by atoms with E-state index >= 15 is 0 Å². The van der Waals surface area contributed by atoms with Crippen LogP contribution in [0.15, 0.2) is 39.3 Å². The van der Waals surface area contributed by atoms with E-state index in [2.05, 4.69) is 4.40 Å². The van der Waals surface area contributed by atoms with Crippen LogP contribution in [-0.4, -0.2) is 27.7 Å². The minimum Gasteiger partial charge on any atom is -0.493 e. The van der Waals surface area contributed by atoms with Gasteiger partial charge in [0.05, 0.1) is 19.0 Å². The maximum Gasteiger partial charge on any atom is 0.359 e. The molecule has 0 bridgehead atoms. The van der Waals surface area contributed by atoms with Gasteiger partial charge in [-0.1, -0.05) is 12.1 Å². The Kier molecular flexibility index (Phi) is 3.26. The number of ether oxygens (including phenoxy) is 2. The van der Waals surface area contributed by atoms with Crippen molar-refractivity contribution in [3.63, 3.8) is 0 Å². The summed E-state index contributed by atoms with van der Waals surface area (Å²) in [5.74, 6) is -0.705. The van der Waals surface area contributed by atoms with Crippen molar-refractivity contribution in [3.05, 3.63) is 34.9 Å². The Labute approximate surface area is 109 Å². The van der Waals surface area contributed by atoms with E-state index < -0.39 is 20.9 Å². The first-order valence-corrected chi connectivity index (χ1v) is 6.55. The molecule has 0 saturated carbocycles. The molecule has 100 valence electrons. The predicted octanol–water partition coefficient (Wildman–Crippen LogP) is 0.185. The number of para-hydroxylation sites is 2. The SMILES string of the molecule is COc1ccccc1OC(=O)C1=C(N)C=NS1(=O)=O. The van der Waals surface area contributed by atoms with Crippen LogP contribution >= 0.6 is 0 Å². The average molecular weight is 282 g/mol. The highest BCUT2D eigenvalue weighted by Crippen LogP contribution is 2.28. The molecule has 1 aliphatic rings. The van der Waals surface area contributed by atoms with Gasteiger partial charge in [-0.05, 0) is 12.1 Å². The number of carbonyl (C=O) groups is 1. The molecular weight excluding hydrogens is 272 g/mol. The number of methoxy groups -OCH3 is 1.